The van der Waals surface area contributed by atoms with Crippen molar-refractivity contribution in [1.82, 2.24) is 0 Å². The van der Waals surface area contributed by atoms with Crippen LogP contribution in [-0.2, 0) is 9.59 Å². The Hall–Kier alpha value is -1.58. The first-order chi connectivity index (χ1) is 7.38. The zero-order chi connectivity index (χ0) is 12.7. The molecule has 0 saturated heterocycles. The van der Waals surface area contributed by atoms with Gasteiger partial charge in [-0.3, -0.25) is 4.79 Å². The second kappa shape index (κ2) is 6.82. The summed E-state index contributed by atoms with van der Waals surface area (Å²) >= 11 is 0. The van der Waals surface area contributed by atoms with Gasteiger partial charge in [0.2, 0.25) is 0 Å². The number of carboxylic acid groups (broad SMARTS) is 2. The van der Waals surface area contributed by atoms with Gasteiger partial charge in [-0.25, -0.2) is 4.79 Å². The molecule has 0 heterocycles. The molecule has 4 nitrogen and oxygen atoms in total. The number of carbonyl (C=O) groups is 2. The van der Waals surface area contributed by atoms with E-state index in [0.717, 1.165) is 5.92 Å². The largest absolute Gasteiger partial charge is 0.481 e. The Morgan fingerprint density at radius 2 is 2.00 bits per heavy atom. The molecule has 0 bridgehead atoms. The molecule has 0 aromatic carbocycles. The number of carboxylic acids is 2. The Kier molecular flexibility index (Phi) is 6.15. The van der Waals surface area contributed by atoms with E-state index in [1.54, 1.807) is 5.57 Å². The van der Waals surface area contributed by atoms with Gasteiger partial charge in [0.05, 0.1) is 6.42 Å². The zero-order valence-electron chi connectivity index (χ0n) is 9.69. The molecule has 0 aromatic rings. The maximum absolute atomic E-state index is 9.87. The highest BCUT2D eigenvalue weighted by molar-refractivity contribution is 5.91. The fourth-order valence-corrected chi connectivity index (χ4v) is 1.10. The van der Waals surface area contributed by atoms with E-state index in [9.17, 15) is 9.59 Å². The van der Waals surface area contributed by atoms with Gasteiger partial charge in [-0.05, 0) is 18.8 Å². The average Bonchev–Trinajstić information content (AvgIpc) is 2.82. The molecule has 1 rings (SSSR count). The Morgan fingerprint density at radius 3 is 2.12 bits per heavy atom. The van der Waals surface area contributed by atoms with E-state index >= 15 is 0 Å². The maximum atomic E-state index is 9.87. The molecule has 1 aliphatic rings. The average molecular weight is 226 g/mol. The third kappa shape index (κ3) is 6.81. The molecule has 0 aromatic heterocycles. The van der Waals surface area contributed by atoms with Crippen LogP contribution >= 0.6 is 0 Å². The maximum Gasteiger partial charge on any atom is 0.331 e. The van der Waals surface area contributed by atoms with Crippen molar-refractivity contribution < 1.29 is 19.8 Å². The predicted molar refractivity (Wildman–Crippen MR) is 61.2 cm³/mol. The van der Waals surface area contributed by atoms with Gasteiger partial charge < -0.3 is 10.2 Å². The first-order valence-corrected chi connectivity index (χ1v) is 5.20. The number of hydrogen-bond acceptors (Lipinski definition) is 2. The first-order valence-electron chi connectivity index (χ1n) is 5.20. The number of hydrogen-bond donors (Lipinski definition) is 2. The molecule has 1 unspecified atom stereocenters. The van der Waals surface area contributed by atoms with Crippen molar-refractivity contribution in [2.45, 2.75) is 33.1 Å². The molecule has 0 amide bonds. The highest BCUT2D eigenvalue weighted by atomic mass is 16.4. The van der Waals surface area contributed by atoms with Crippen LogP contribution < -0.4 is 0 Å². The lowest BCUT2D eigenvalue weighted by Gasteiger charge is -1.91. The summed E-state index contributed by atoms with van der Waals surface area (Å²) in [5, 5.41) is 16.1. The molecular weight excluding hydrogens is 208 g/mol. The SMILES string of the molecule is C=C(CC(=O)O)C(=O)O.CCC=C1CC1C. The van der Waals surface area contributed by atoms with Gasteiger partial charge in [-0.15, -0.1) is 0 Å². The van der Waals surface area contributed by atoms with Crippen molar-refractivity contribution in [3.63, 3.8) is 0 Å². The van der Waals surface area contributed by atoms with Gasteiger partial charge in [-0.1, -0.05) is 32.1 Å². The molecule has 90 valence electrons. The van der Waals surface area contributed by atoms with Gasteiger partial charge in [0, 0.05) is 5.57 Å². The standard InChI is InChI=1S/C7H12.C5H6O4/c1-3-4-7-5-6(7)2;1-3(5(8)9)2-4(6)7/h4,6H,3,5H2,1-2H3;1-2H2,(H,6,7)(H,8,9). The summed E-state index contributed by atoms with van der Waals surface area (Å²) in [6.07, 6.45) is 4.42. The van der Waals surface area contributed by atoms with Gasteiger partial charge in [0.1, 0.15) is 0 Å². The summed E-state index contributed by atoms with van der Waals surface area (Å²) < 4.78 is 0. The molecule has 16 heavy (non-hydrogen) atoms. The van der Waals surface area contributed by atoms with Gasteiger partial charge in [-0.2, -0.15) is 0 Å². The highest BCUT2D eigenvalue weighted by Gasteiger charge is 2.22. The first kappa shape index (κ1) is 14.4. The topological polar surface area (TPSA) is 74.6 Å². The minimum absolute atomic E-state index is 0.303. The van der Waals surface area contributed by atoms with Gasteiger partial charge in [0.15, 0.2) is 0 Å². The molecule has 1 atom stereocenters. The summed E-state index contributed by atoms with van der Waals surface area (Å²) in [6, 6.07) is 0. The molecule has 0 radical (unpaired) electrons. The van der Waals surface area contributed by atoms with Crippen LogP contribution in [0.5, 0.6) is 0 Å². The van der Waals surface area contributed by atoms with Gasteiger partial charge in [0.25, 0.3) is 0 Å². The van der Waals surface area contributed by atoms with E-state index in [0.29, 0.717) is 0 Å². The van der Waals surface area contributed by atoms with Crippen LogP contribution in [0, 0.1) is 5.92 Å². The zero-order valence-corrected chi connectivity index (χ0v) is 9.69. The predicted octanol–water partition coefficient (Wildman–Crippen LogP) is 2.46. The van der Waals surface area contributed by atoms with Crippen molar-refractivity contribution in [3.05, 3.63) is 23.8 Å². The molecule has 0 aliphatic heterocycles. The molecule has 1 aliphatic carbocycles. The van der Waals surface area contributed by atoms with Crippen LogP contribution in [-0.4, -0.2) is 22.2 Å². The monoisotopic (exact) mass is 226 g/mol. The minimum Gasteiger partial charge on any atom is -0.481 e. The summed E-state index contributed by atoms with van der Waals surface area (Å²) in [5.41, 5.74) is 1.37. The van der Waals surface area contributed by atoms with Crippen LogP contribution in [0.3, 0.4) is 0 Å². The lowest BCUT2D eigenvalue weighted by atomic mass is 10.2. The summed E-state index contributed by atoms with van der Waals surface area (Å²) in [5.74, 6) is -1.51. The van der Waals surface area contributed by atoms with Crippen LogP contribution in [0.2, 0.25) is 0 Å². The van der Waals surface area contributed by atoms with E-state index in [1.165, 1.54) is 12.8 Å². The fourth-order valence-electron chi connectivity index (χ4n) is 1.10. The number of allylic oxidation sites excluding steroid dienone is 2. The lowest BCUT2D eigenvalue weighted by molar-refractivity contribution is -0.139. The number of rotatable bonds is 4. The Labute approximate surface area is 95.3 Å². The van der Waals surface area contributed by atoms with Crippen molar-refractivity contribution in [3.8, 4) is 0 Å². The second-order valence-electron chi connectivity index (χ2n) is 3.77. The van der Waals surface area contributed by atoms with Crippen molar-refractivity contribution >= 4 is 11.9 Å². The second-order valence-corrected chi connectivity index (χ2v) is 3.77. The highest BCUT2D eigenvalue weighted by Crippen LogP contribution is 2.36. The van der Waals surface area contributed by atoms with Gasteiger partial charge >= 0.3 is 11.9 Å². The van der Waals surface area contributed by atoms with E-state index < -0.39 is 18.4 Å². The smallest absolute Gasteiger partial charge is 0.331 e. The van der Waals surface area contributed by atoms with E-state index in [2.05, 4.69) is 26.5 Å². The minimum atomic E-state index is -1.27. The van der Waals surface area contributed by atoms with Crippen molar-refractivity contribution in [2.75, 3.05) is 0 Å². The molecule has 4 heteroatoms. The van der Waals surface area contributed by atoms with Crippen molar-refractivity contribution in [1.29, 1.82) is 0 Å². The van der Waals surface area contributed by atoms with E-state index in [-0.39, 0.29) is 5.57 Å². The third-order valence-electron chi connectivity index (χ3n) is 2.15. The summed E-state index contributed by atoms with van der Waals surface area (Å²) in [6.45, 7) is 7.49. The normalized spacial score (nSPS) is 19.6. The summed E-state index contributed by atoms with van der Waals surface area (Å²) in [4.78, 5) is 19.7. The van der Waals surface area contributed by atoms with Crippen LogP contribution in [0.1, 0.15) is 33.1 Å². The van der Waals surface area contributed by atoms with E-state index in [1.807, 2.05) is 0 Å². The Bertz CT molecular complexity index is 315. The van der Waals surface area contributed by atoms with Crippen molar-refractivity contribution in [2.24, 2.45) is 5.92 Å². The van der Waals surface area contributed by atoms with E-state index in [4.69, 9.17) is 10.2 Å². The third-order valence-corrected chi connectivity index (χ3v) is 2.15. The molecule has 1 saturated carbocycles. The fraction of sp³-hybridized carbons (Fsp3) is 0.500. The molecule has 0 spiro atoms. The lowest BCUT2D eigenvalue weighted by Crippen LogP contribution is -2.04. The Balaban J connectivity index is 0.000000288. The summed E-state index contributed by atoms with van der Waals surface area (Å²) in [7, 11) is 0. The Morgan fingerprint density at radius 1 is 1.50 bits per heavy atom. The number of aliphatic carboxylic acids is 2. The van der Waals surface area contributed by atoms with Crippen LogP contribution in [0.25, 0.3) is 0 Å². The molecular formula is C12H18O4. The van der Waals surface area contributed by atoms with Crippen LogP contribution in [0.4, 0.5) is 0 Å². The quantitative estimate of drug-likeness (QED) is 0.570. The molecule has 1 fully saturated rings. The van der Waals surface area contributed by atoms with Crippen LogP contribution in [0.15, 0.2) is 23.8 Å². The molecule has 2 N–H and O–H groups in total.